The zero-order valence-corrected chi connectivity index (χ0v) is 14.2. The highest BCUT2D eigenvalue weighted by Crippen LogP contribution is 2.33. The maximum Gasteiger partial charge on any atom is 0.416 e. The molecule has 1 N–H and O–H groups in total. The lowest BCUT2D eigenvalue weighted by molar-refractivity contribution is -0.138. The van der Waals surface area contributed by atoms with Gasteiger partial charge in [-0.25, -0.2) is 0 Å². The molecule has 0 fully saturated rings. The number of halogens is 5. The van der Waals surface area contributed by atoms with E-state index in [0.29, 0.717) is 14.5 Å². The molecule has 0 aliphatic rings. The molecular weight excluding hydrogens is 427 g/mol. The third-order valence-corrected chi connectivity index (χ3v) is 3.93. The maximum atomic E-state index is 12.9. The standard InChI is InChI=1S/C15H10Br2F3NO/c16-11-5-10(14(22)13(17)6-11)8-21-7-9-3-1-2-4-12(9)15(18,19)20/h1-6,8,22H,7H2. The van der Waals surface area contributed by atoms with Gasteiger partial charge in [0.1, 0.15) is 5.75 Å². The van der Waals surface area contributed by atoms with Crippen molar-refractivity contribution in [3.8, 4) is 5.75 Å². The molecule has 0 aliphatic heterocycles. The highest BCUT2D eigenvalue weighted by Gasteiger charge is 2.32. The van der Waals surface area contributed by atoms with Gasteiger partial charge in [0, 0.05) is 16.3 Å². The van der Waals surface area contributed by atoms with Crippen LogP contribution < -0.4 is 0 Å². The van der Waals surface area contributed by atoms with E-state index in [1.807, 2.05) is 0 Å². The molecule has 0 saturated carbocycles. The van der Waals surface area contributed by atoms with Crippen molar-refractivity contribution in [2.75, 3.05) is 0 Å². The lowest BCUT2D eigenvalue weighted by Gasteiger charge is -2.10. The molecule has 22 heavy (non-hydrogen) atoms. The first-order valence-electron chi connectivity index (χ1n) is 6.12. The molecule has 0 unspecified atom stereocenters. The number of nitrogens with zero attached hydrogens (tertiary/aromatic N) is 1. The summed E-state index contributed by atoms with van der Waals surface area (Å²) < 4.78 is 39.8. The summed E-state index contributed by atoms with van der Waals surface area (Å²) >= 11 is 6.45. The Morgan fingerprint density at radius 1 is 1.14 bits per heavy atom. The van der Waals surface area contributed by atoms with Crippen LogP contribution in [0.5, 0.6) is 5.75 Å². The molecule has 0 aromatic heterocycles. The normalized spacial score (nSPS) is 12.0. The summed E-state index contributed by atoms with van der Waals surface area (Å²) in [6.45, 7) is -0.126. The van der Waals surface area contributed by atoms with Crippen molar-refractivity contribution < 1.29 is 18.3 Å². The molecule has 7 heteroatoms. The van der Waals surface area contributed by atoms with Gasteiger partial charge in [-0.05, 0) is 39.7 Å². The lowest BCUT2D eigenvalue weighted by atomic mass is 10.1. The Balaban J connectivity index is 2.25. The number of aromatic hydroxyl groups is 1. The number of phenols is 1. The van der Waals surface area contributed by atoms with Gasteiger partial charge in [0.05, 0.1) is 16.6 Å². The minimum absolute atomic E-state index is 0.0175. The average Bonchev–Trinajstić information content (AvgIpc) is 2.43. The molecule has 0 atom stereocenters. The minimum atomic E-state index is -4.41. The first-order valence-corrected chi connectivity index (χ1v) is 7.70. The maximum absolute atomic E-state index is 12.9. The van der Waals surface area contributed by atoms with Crippen molar-refractivity contribution in [2.24, 2.45) is 4.99 Å². The van der Waals surface area contributed by atoms with Crippen LogP contribution in [0.4, 0.5) is 13.2 Å². The van der Waals surface area contributed by atoms with Crippen LogP contribution in [0.1, 0.15) is 16.7 Å². The quantitative estimate of drug-likeness (QED) is 0.628. The Hall–Kier alpha value is -1.34. The SMILES string of the molecule is Oc1c(Br)cc(Br)cc1C=NCc1ccccc1C(F)(F)F. The van der Waals surface area contributed by atoms with Crippen LogP contribution in [-0.2, 0) is 12.7 Å². The third kappa shape index (κ3) is 4.10. The Morgan fingerprint density at radius 3 is 2.50 bits per heavy atom. The molecule has 0 heterocycles. The Bertz CT molecular complexity index is 714. The highest BCUT2D eigenvalue weighted by atomic mass is 79.9. The summed E-state index contributed by atoms with van der Waals surface area (Å²) in [6, 6.07) is 8.57. The first kappa shape index (κ1) is 17.0. The van der Waals surface area contributed by atoms with E-state index in [4.69, 9.17) is 0 Å². The van der Waals surface area contributed by atoms with Crippen molar-refractivity contribution in [2.45, 2.75) is 12.7 Å². The molecule has 2 nitrogen and oxygen atoms in total. The van der Waals surface area contributed by atoms with E-state index in [9.17, 15) is 18.3 Å². The van der Waals surface area contributed by atoms with E-state index in [0.717, 1.165) is 6.07 Å². The fourth-order valence-corrected chi connectivity index (χ4v) is 3.12. The summed E-state index contributed by atoms with van der Waals surface area (Å²) in [6.07, 6.45) is -3.06. The molecule has 0 aliphatic carbocycles. The second-order valence-corrected chi connectivity index (χ2v) is 6.22. The Labute approximate surface area is 142 Å². The zero-order valence-electron chi connectivity index (χ0n) is 11.0. The Kier molecular flexibility index (Phi) is 5.28. The molecule has 2 aromatic rings. The fourth-order valence-electron chi connectivity index (χ4n) is 1.86. The zero-order chi connectivity index (χ0) is 16.3. The summed E-state index contributed by atoms with van der Waals surface area (Å²) in [5.41, 5.74) is -0.211. The number of aliphatic imine (C=N–C) groups is 1. The number of hydrogen-bond donors (Lipinski definition) is 1. The van der Waals surface area contributed by atoms with Crippen LogP contribution in [0.25, 0.3) is 0 Å². The van der Waals surface area contributed by atoms with Gasteiger partial charge in [-0.15, -0.1) is 0 Å². The van der Waals surface area contributed by atoms with Crippen molar-refractivity contribution in [1.29, 1.82) is 0 Å². The van der Waals surface area contributed by atoms with E-state index in [-0.39, 0.29) is 17.9 Å². The summed E-state index contributed by atoms with van der Waals surface area (Å²) in [5, 5.41) is 9.86. The summed E-state index contributed by atoms with van der Waals surface area (Å²) in [5.74, 6) is -0.0175. The van der Waals surface area contributed by atoms with Gasteiger partial charge in [0.15, 0.2) is 0 Å². The van der Waals surface area contributed by atoms with Gasteiger partial charge in [0.2, 0.25) is 0 Å². The van der Waals surface area contributed by atoms with Crippen molar-refractivity contribution in [3.05, 3.63) is 62.0 Å². The van der Waals surface area contributed by atoms with Gasteiger partial charge >= 0.3 is 6.18 Å². The average molecular weight is 437 g/mol. The second kappa shape index (κ2) is 6.83. The van der Waals surface area contributed by atoms with Crippen LogP contribution in [0.2, 0.25) is 0 Å². The largest absolute Gasteiger partial charge is 0.506 e. The van der Waals surface area contributed by atoms with E-state index in [2.05, 4.69) is 36.9 Å². The van der Waals surface area contributed by atoms with E-state index in [1.165, 1.54) is 24.4 Å². The highest BCUT2D eigenvalue weighted by molar-refractivity contribution is 9.11. The molecule has 0 bridgehead atoms. The second-order valence-electron chi connectivity index (χ2n) is 4.45. The molecule has 0 radical (unpaired) electrons. The fraction of sp³-hybridized carbons (Fsp3) is 0.133. The molecule has 0 amide bonds. The number of rotatable bonds is 3. The van der Waals surface area contributed by atoms with E-state index < -0.39 is 11.7 Å². The van der Waals surface area contributed by atoms with E-state index >= 15 is 0 Å². The van der Waals surface area contributed by atoms with Crippen molar-refractivity contribution in [1.82, 2.24) is 0 Å². The van der Waals surface area contributed by atoms with Crippen LogP contribution in [-0.4, -0.2) is 11.3 Å². The Morgan fingerprint density at radius 2 is 1.82 bits per heavy atom. The monoisotopic (exact) mass is 435 g/mol. The molecule has 0 spiro atoms. The van der Waals surface area contributed by atoms with Gasteiger partial charge in [-0.2, -0.15) is 13.2 Å². The van der Waals surface area contributed by atoms with Crippen LogP contribution in [0.15, 0.2) is 50.3 Å². The molecule has 0 saturated heterocycles. The number of hydrogen-bond acceptors (Lipinski definition) is 2. The van der Waals surface area contributed by atoms with Crippen LogP contribution in [0.3, 0.4) is 0 Å². The topological polar surface area (TPSA) is 32.6 Å². The van der Waals surface area contributed by atoms with Crippen molar-refractivity contribution in [3.63, 3.8) is 0 Å². The summed E-state index contributed by atoms with van der Waals surface area (Å²) in [7, 11) is 0. The number of benzene rings is 2. The van der Waals surface area contributed by atoms with Gasteiger partial charge in [-0.3, -0.25) is 4.99 Å². The molecule has 2 rings (SSSR count). The van der Waals surface area contributed by atoms with Gasteiger partial charge < -0.3 is 5.11 Å². The predicted molar refractivity (Wildman–Crippen MR) is 86.2 cm³/mol. The number of phenolic OH excluding ortho intramolecular Hbond substituents is 1. The van der Waals surface area contributed by atoms with Crippen LogP contribution in [0, 0.1) is 0 Å². The molecule has 2 aromatic carbocycles. The van der Waals surface area contributed by atoms with Crippen LogP contribution >= 0.6 is 31.9 Å². The predicted octanol–water partition coefficient (Wildman–Crippen LogP) is 5.56. The summed E-state index contributed by atoms with van der Waals surface area (Å²) in [4.78, 5) is 4.00. The van der Waals surface area contributed by atoms with Gasteiger partial charge in [0.25, 0.3) is 0 Å². The minimum Gasteiger partial charge on any atom is -0.506 e. The molecular formula is C15H10Br2F3NO. The first-order chi connectivity index (χ1) is 10.3. The number of alkyl halides is 3. The van der Waals surface area contributed by atoms with E-state index in [1.54, 1.807) is 12.1 Å². The molecule has 116 valence electrons. The van der Waals surface area contributed by atoms with Gasteiger partial charge in [-0.1, -0.05) is 34.1 Å². The van der Waals surface area contributed by atoms with Crippen molar-refractivity contribution >= 4 is 38.1 Å². The lowest BCUT2D eigenvalue weighted by Crippen LogP contribution is -2.08. The smallest absolute Gasteiger partial charge is 0.416 e. The third-order valence-electron chi connectivity index (χ3n) is 2.87.